The van der Waals surface area contributed by atoms with E-state index in [1.165, 1.54) is 19.3 Å². The van der Waals surface area contributed by atoms with Crippen molar-refractivity contribution in [3.05, 3.63) is 45.4 Å². The zero-order chi connectivity index (χ0) is 13.6. The van der Waals surface area contributed by atoms with Gasteiger partial charge in [-0.25, -0.2) is 0 Å². The molecule has 0 radical (unpaired) electrons. The summed E-state index contributed by atoms with van der Waals surface area (Å²) in [6, 6.07) is 3.27. The Balaban J connectivity index is 0.000000882. The Bertz CT molecular complexity index is 545. The second-order valence-corrected chi connectivity index (χ2v) is 20.3. The van der Waals surface area contributed by atoms with Crippen molar-refractivity contribution >= 4 is 8.07 Å². The molecule has 2 unspecified atom stereocenters. The van der Waals surface area contributed by atoms with Crippen LogP contribution < -0.4 is 24.8 Å². The first kappa shape index (κ1) is 19.0. The molecule has 0 aromatic rings. The molecular weight excluding hydrogens is 494 g/mol. The van der Waals surface area contributed by atoms with Crippen molar-refractivity contribution < 1.29 is 47.7 Å². The van der Waals surface area contributed by atoms with E-state index in [1.807, 2.05) is 8.90 Å². The van der Waals surface area contributed by atoms with Crippen LogP contribution in [0.1, 0.15) is 32.1 Å². The Kier molecular flexibility index (Phi) is 6.25. The number of allylic oxidation sites excluding steroid dienone is 8. The van der Waals surface area contributed by atoms with Crippen LogP contribution in [0.2, 0.25) is 21.4 Å². The van der Waals surface area contributed by atoms with Crippen molar-refractivity contribution in [3.8, 4) is 0 Å². The molecule has 118 valence electrons. The number of hydrogen-bond donors (Lipinski definition) is 0. The van der Waals surface area contributed by atoms with Crippen LogP contribution in [0.25, 0.3) is 0 Å². The first-order valence-electron chi connectivity index (χ1n) is 8.25. The molecule has 0 amide bonds. The second kappa shape index (κ2) is 7.25. The Morgan fingerprint density at radius 2 is 1.91 bits per heavy atom. The number of hydrogen-bond acceptors (Lipinski definition) is 0. The fourth-order valence-corrected chi connectivity index (χ4v) is 22.3. The van der Waals surface area contributed by atoms with Crippen LogP contribution in [0.4, 0.5) is 0 Å². The van der Waals surface area contributed by atoms with E-state index in [-0.39, 0.29) is 24.8 Å². The van der Waals surface area contributed by atoms with Gasteiger partial charge >= 0.3 is 136 Å². The van der Waals surface area contributed by atoms with Gasteiger partial charge in [0.25, 0.3) is 0 Å². The fourth-order valence-electron chi connectivity index (χ4n) is 4.86. The number of halogens is 2. The van der Waals surface area contributed by atoms with Crippen LogP contribution in [0.3, 0.4) is 0 Å². The van der Waals surface area contributed by atoms with Gasteiger partial charge in [-0.1, -0.05) is 0 Å². The van der Waals surface area contributed by atoms with Crippen molar-refractivity contribution in [1.29, 1.82) is 0 Å². The van der Waals surface area contributed by atoms with Crippen LogP contribution in [0.15, 0.2) is 45.4 Å². The summed E-state index contributed by atoms with van der Waals surface area (Å²) in [5.74, 6) is 0.937. The van der Waals surface area contributed by atoms with Crippen molar-refractivity contribution in [2.45, 2.75) is 53.5 Å². The van der Waals surface area contributed by atoms with Gasteiger partial charge in [-0.2, -0.15) is 0 Å². The maximum Gasteiger partial charge on any atom is -1.00 e. The zero-order valence-electron chi connectivity index (χ0n) is 13.2. The van der Waals surface area contributed by atoms with Crippen molar-refractivity contribution in [2.24, 2.45) is 5.92 Å². The zero-order valence-corrected chi connectivity index (χ0v) is 19.4. The molecule has 1 heterocycles. The van der Waals surface area contributed by atoms with Crippen LogP contribution in [0, 0.1) is 5.92 Å². The van der Waals surface area contributed by atoms with Gasteiger partial charge in [-0.3, -0.25) is 0 Å². The minimum atomic E-state index is -0.974. The fraction of sp³-hybridized carbons (Fsp3) is 0.556. The van der Waals surface area contributed by atoms with Crippen molar-refractivity contribution in [3.63, 3.8) is 0 Å². The molecule has 2 fully saturated rings. The summed E-state index contributed by atoms with van der Waals surface area (Å²) in [4.78, 5) is 0. The Labute approximate surface area is 159 Å². The van der Waals surface area contributed by atoms with Crippen LogP contribution in [-0.4, -0.2) is 8.07 Å². The quantitative estimate of drug-likeness (QED) is 0.439. The minimum Gasteiger partial charge on any atom is -1.00 e. The van der Waals surface area contributed by atoms with Gasteiger partial charge in [0.05, 0.1) is 0 Å². The average molecular weight is 518 g/mol. The van der Waals surface area contributed by atoms with E-state index in [0.29, 0.717) is 0 Å². The molecular formula is C18H24Cl2HfSi. The smallest absolute Gasteiger partial charge is 1.00 e. The Hall–Kier alpha value is 0.627. The minimum absolute atomic E-state index is 0. The van der Waals surface area contributed by atoms with Gasteiger partial charge in [0, 0.05) is 0 Å². The van der Waals surface area contributed by atoms with E-state index < -0.39 is 31.0 Å². The summed E-state index contributed by atoms with van der Waals surface area (Å²) >= 11 is -0.715. The molecule has 0 N–H and O–H groups in total. The third-order valence-electron chi connectivity index (χ3n) is 6.27. The standard InChI is InChI=1S/C13H19Si.C5H5.2ClH.Hf/c1-14(9-4-10-14)13-8-7-11-5-2-3-6-12(11)13;1-2-4-5-3-1;;;/h2-3,6,11H,4-5,7-10H2,1H3;1-3H,4H2;2*1H;/q;;;;+2/p-2. The molecule has 0 bridgehead atoms. The van der Waals surface area contributed by atoms with E-state index in [1.54, 1.807) is 24.9 Å². The Morgan fingerprint density at radius 3 is 2.55 bits per heavy atom. The summed E-state index contributed by atoms with van der Waals surface area (Å²) in [7, 11) is -0.974. The van der Waals surface area contributed by atoms with E-state index in [2.05, 4.69) is 43.0 Å². The molecule has 22 heavy (non-hydrogen) atoms. The summed E-state index contributed by atoms with van der Waals surface area (Å²) in [5, 5.41) is 0. The molecule has 1 saturated heterocycles. The van der Waals surface area contributed by atoms with E-state index in [0.717, 1.165) is 8.71 Å². The van der Waals surface area contributed by atoms with Gasteiger partial charge in [0.15, 0.2) is 0 Å². The maximum atomic E-state index is 2.77. The summed E-state index contributed by atoms with van der Waals surface area (Å²) in [6.45, 7) is 2.77. The normalized spacial score (nSPS) is 33.6. The molecule has 0 spiro atoms. The third kappa shape index (κ3) is 2.87. The van der Waals surface area contributed by atoms with Crippen molar-refractivity contribution in [1.82, 2.24) is 0 Å². The maximum absolute atomic E-state index is 2.77. The first-order chi connectivity index (χ1) is 9.74. The van der Waals surface area contributed by atoms with Gasteiger partial charge in [0.1, 0.15) is 0 Å². The Morgan fingerprint density at radius 1 is 1.14 bits per heavy atom. The largest absolute Gasteiger partial charge is 1.00 e. The summed E-state index contributed by atoms with van der Waals surface area (Å²) < 4.78 is 2.72. The SMILES string of the molecule is C[Si]1([C]2([Hf+2][C]3=CC=CC3)CCC3CC=CC=C32)CCC1.[Cl-].[Cl-]. The van der Waals surface area contributed by atoms with Gasteiger partial charge < -0.3 is 24.8 Å². The molecule has 0 aromatic carbocycles. The van der Waals surface area contributed by atoms with Crippen LogP contribution in [-0.2, 0) is 22.9 Å². The summed E-state index contributed by atoms with van der Waals surface area (Å²) in [5.41, 5.74) is 1.96. The molecule has 2 atom stereocenters. The van der Waals surface area contributed by atoms with E-state index >= 15 is 0 Å². The topological polar surface area (TPSA) is 0 Å². The first-order valence-corrected chi connectivity index (χ1v) is 14.8. The molecule has 0 aromatic heterocycles. The van der Waals surface area contributed by atoms with Crippen LogP contribution in [0.5, 0.6) is 0 Å². The van der Waals surface area contributed by atoms with E-state index in [9.17, 15) is 0 Å². The predicted octanol–water partition coefficient (Wildman–Crippen LogP) is -0.603. The van der Waals surface area contributed by atoms with Gasteiger partial charge in [-0.15, -0.1) is 0 Å². The molecule has 4 aliphatic rings. The second-order valence-electron chi connectivity index (χ2n) is 7.29. The third-order valence-corrected chi connectivity index (χ3v) is 25.3. The van der Waals surface area contributed by atoms with Gasteiger partial charge in [0.2, 0.25) is 0 Å². The monoisotopic (exact) mass is 518 g/mol. The van der Waals surface area contributed by atoms with E-state index in [4.69, 9.17) is 0 Å². The molecule has 0 nitrogen and oxygen atoms in total. The number of fused-ring (bicyclic) bond motifs is 1. The number of rotatable bonds is 3. The summed E-state index contributed by atoms with van der Waals surface area (Å²) in [6.07, 6.45) is 21.9. The predicted molar refractivity (Wildman–Crippen MR) is 84.9 cm³/mol. The molecule has 3 aliphatic carbocycles. The molecule has 4 heteroatoms. The van der Waals surface area contributed by atoms with Crippen molar-refractivity contribution in [2.75, 3.05) is 0 Å². The van der Waals surface area contributed by atoms with Gasteiger partial charge in [-0.05, 0) is 0 Å². The average Bonchev–Trinajstić information content (AvgIpc) is 3.06. The molecule has 1 saturated carbocycles. The molecule has 4 rings (SSSR count). The molecule has 1 aliphatic heterocycles. The van der Waals surface area contributed by atoms with Crippen LogP contribution >= 0.6 is 0 Å².